The summed E-state index contributed by atoms with van der Waals surface area (Å²) >= 11 is 0. The first-order valence-corrected chi connectivity index (χ1v) is 12.0. The molecule has 3 unspecified atom stereocenters. The Bertz CT molecular complexity index is 1160. The van der Waals surface area contributed by atoms with Crippen LogP contribution in [0.3, 0.4) is 0 Å². The summed E-state index contributed by atoms with van der Waals surface area (Å²) in [4.78, 5) is 15.8. The van der Waals surface area contributed by atoms with Crippen LogP contribution in [0.2, 0.25) is 0 Å². The number of fused-ring (bicyclic) bond motifs is 2. The van der Waals surface area contributed by atoms with E-state index in [0.717, 1.165) is 51.2 Å². The maximum atomic E-state index is 13.6. The average Bonchev–Trinajstić information content (AvgIpc) is 3.15. The molecule has 0 amide bonds. The number of rotatable bonds is 6. The van der Waals surface area contributed by atoms with Gasteiger partial charge in [-0.3, -0.25) is 4.79 Å². The van der Waals surface area contributed by atoms with E-state index in [1.807, 2.05) is 39.0 Å². The second-order valence-corrected chi connectivity index (χ2v) is 9.28. The highest BCUT2D eigenvalue weighted by Crippen LogP contribution is 2.52. The van der Waals surface area contributed by atoms with Crippen LogP contribution < -0.4 is 0 Å². The van der Waals surface area contributed by atoms with Crippen molar-refractivity contribution in [3.8, 4) is 5.75 Å². The summed E-state index contributed by atoms with van der Waals surface area (Å²) in [6, 6.07) is 3.96. The van der Waals surface area contributed by atoms with Crippen molar-refractivity contribution < 1.29 is 28.8 Å². The lowest BCUT2D eigenvalue weighted by molar-refractivity contribution is -0.145. The lowest BCUT2D eigenvalue weighted by Gasteiger charge is -2.40. The molecular weight excluding hydrogens is 446 g/mol. The summed E-state index contributed by atoms with van der Waals surface area (Å²) in [5.41, 5.74) is 7.12. The Morgan fingerprint density at radius 2 is 1.77 bits per heavy atom. The van der Waals surface area contributed by atoms with E-state index in [4.69, 9.17) is 18.9 Å². The van der Waals surface area contributed by atoms with Crippen molar-refractivity contribution in [3.05, 3.63) is 69.0 Å². The number of phenols is 1. The highest BCUT2D eigenvalue weighted by Gasteiger charge is 2.48. The normalized spacial score (nSPS) is 23.8. The average molecular weight is 482 g/mol. The lowest BCUT2D eigenvalue weighted by Crippen LogP contribution is -2.39. The first-order valence-electron chi connectivity index (χ1n) is 12.0. The zero-order valence-corrected chi connectivity index (χ0v) is 21.8. The number of aryl methyl sites for hydroxylation is 2. The van der Waals surface area contributed by atoms with Gasteiger partial charge in [0.25, 0.3) is 0 Å². The molecule has 0 saturated carbocycles. The van der Waals surface area contributed by atoms with Crippen molar-refractivity contribution in [2.24, 2.45) is 5.92 Å². The number of phenolic OH excluding ortho intramolecular Hbond substituents is 1. The summed E-state index contributed by atoms with van der Waals surface area (Å²) in [6.45, 7) is 10.0. The van der Waals surface area contributed by atoms with Gasteiger partial charge in [0.15, 0.2) is 6.10 Å². The molecule has 1 aliphatic carbocycles. The molecule has 1 N–H and O–H groups in total. The lowest BCUT2D eigenvalue weighted by atomic mass is 9.81. The molecule has 0 saturated heterocycles. The summed E-state index contributed by atoms with van der Waals surface area (Å²) in [5, 5.41) is 10.4. The second kappa shape index (κ2) is 9.46. The van der Waals surface area contributed by atoms with Crippen LogP contribution in [0.5, 0.6) is 5.75 Å². The van der Waals surface area contributed by atoms with E-state index in [1.165, 1.54) is 0 Å². The smallest absolute Gasteiger partial charge is 0.319 e. The van der Waals surface area contributed by atoms with Crippen molar-refractivity contribution in [1.82, 2.24) is 4.90 Å². The molecule has 2 aliphatic heterocycles. The number of allylic oxidation sites excluding steroid dienone is 3. The van der Waals surface area contributed by atoms with Crippen LogP contribution in [-0.4, -0.2) is 56.1 Å². The molecule has 4 rings (SSSR count). The Labute approximate surface area is 207 Å². The molecular formula is C28H35NO6. The molecule has 7 nitrogen and oxygen atoms in total. The van der Waals surface area contributed by atoms with Gasteiger partial charge in [-0.1, -0.05) is 0 Å². The van der Waals surface area contributed by atoms with E-state index in [9.17, 15) is 9.90 Å². The second-order valence-electron chi connectivity index (χ2n) is 9.28. The van der Waals surface area contributed by atoms with Crippen LogP contribution in [0.15, 0.2) is 52.3 Å². The SMILES string of the molecule is CCOC(=O)C1C(c2cc(C)c(O)c(C)c2)=C(C)N2C1=C1C=C(OC)C(OC)C(OC)=C1CC2C. The van der Waals surface area contributed by atoms with Crippen LogP contribution >= 0.6 is 0 Å². The molecule has 188 valence electrons. The van der Waals surface area contributed by atoms with Gasteiger partial charge in [-0.25, -0.2) is 0 Å². The van der Waals surface area contributed by atoms with E-state index in [-0.39, 0.29) is 24.4 Å². The van der Waals surface area contributed by atoms with E-state index in [0.29, 0.717) is 11.5 Å². The van der Waals surface area contributed by atoms with E-state index < -0.39 is 12.0 Å². The Morgan fingerprint density at radius 3 is 2.31 bits per heavy atom. The standard InChI is InChI=1S/C28H35NO6/c1-9-35-28(31)23-22(18-10-14(2)25(30)15(3)11-18)17(5)29-16(4)12-20-19(24(23)29)13-21(32-6)27(34-8)26(20)33-7/h10-11,13,16,23,27,30H,9,12H2,1-8H3. The number of benzene rings is 1. The summed E-state index contributed by atoms with van der Waals surface area (Å²) in [7, 11) is 4.88. The van der Waals surface area contributed by atoms with E-state index in [2.05, 4.69) is 18.7 Å². The number of aromatic hydroxyl groups is 1. The number of methoxy groups -OCH3 is 3. The molecule has 0 radical (unpaired) electrons. The monoisotopic (exact) mass is 481 g/mol. The third-order valence-corrected chi connectivity index (χ3v) is 7.21. The molecule has 0 bridgehead atoms. The van der Waals surface area contributed by atoms with Crippen LogP contribution in [0, 0.1) is 19.8 Å². The first kappa shape index (κ1) is 24.9. The van der Waals surface area contributed by atoms with Crippen LogP contribution in [0.4, 0.5) is 0 Å². The predicted molar refractivity (Wildman–Crippen MR) is 133 cm³/mol. The highest BCUT2D eigenvalue weighted by atomic mass is 16.6. The molecule has 7 heteroatoms. The summed E-state index contributed by atoms with van der Waals surface area (Å²) in [5.74, 6) is 0.661. The number of nitrogens with zero attached hydrogens (tertiary/aromatic N) is 1. The molecule has 35 heavy (non-hydrogen) atoms. The van der Waals surface area contributed by atoms with Gasteiger partial charge in [0.05, 0.1) is 20.8 Å². The first-order chi connectivity index (χ1) is 16.7. The van der Waals surface area contributed by atoms with Gasteiger partial charge in [-0.05, 0) is 81.5 Å². The Hall–Kier alpha value is -3.19. The van der Waals surface area contributed by atoms with E-state index in [1.54, 1.807) is 21.3 Å². The maximum absolute atomic E-state index is 13.6. The van der Waals surface area contributed by atoms with Crippen LogP contribution in [0.25, 0.3) is 5.57 Å². The van der Waals surface area contributed by atoms with Gasteiger partial charge in [0.1, 0.15) is 23.2 Å². The minimum atomic E-state index is -0.627. The zero-order valence-electron chi connectivity index (χ0n) is 21.8. The number of ether oxygens (including phenoxy) is 4. The van der Waals surface area contributed by atoms with Gasteiger partial charge >= 0.3 is 5.97 Å². The van der Waals surface area contributed by atoms with Crippen molar-refractivity contribution >= 4 is 11.5 Å². The van der Waals surface area contributed by atoms with Crippen molar-refractivity contribution in [1.29, 1.82) is 0 Å². The van der Waals surface area contributed by atoms with Crippen molar-refractivity contribution in [2.45, 2.75) is 53.2 Å². The zero-order chi connectivity index (χ0) is 25.6. The maximum Gasteiger partial charge on any atom is 0.319 e. The minimum absolute atomic E-state index is 0.0811. The fourth-order valence-electron chi connectivity index (χ4n) is 5.76. The van der Waals surface area contributed by atoms with Gasteiger partial charge < -0.3 is 29.0 Å². The van der Waals surface area contributed by atoms with Crippen LogP contribution in [-0.2, 0) is 23.7 Å². The van der Waals surface area contributed by atoms with E-state index >= 15 is 0 Å². The molecule has 1 aromatic rings. The predicted octanol–water partition coefficient (Wildman–Crippen LogP) is 4.74. The van der Waals surface area contributed by atoms with Crippen molar-refractivity contribution in [2.75, 3.05) is 27.9 Å². The fraction of sp³-hybridized carbons (Fsp3) is 0.464. The molecule has 1 aromatic carbocycles. The van der Waals surface area contributed by atoms with Gasteiger partial charge in [0.2, 0.25) is 0 Å². The highest BCUT2D eigenvalue weighted by molar-refractivity contribution is 5.96. The Balaban J connectivity index is 2.03. The number of carbonyl (C=O) groups excluding carboxylic acids is 1. The molecule has 3 aliphatic rings. The largest absolute Gasteiger partial charge is 0.507 e. The minimum Gasteiger partial charge on any atom is -0.507 e. The molecule has 2 heterocycles. The molecule has 0 spiro atoms. The van der Waals surface area contributed by atoms with Crippen LogP contribution in [0.1, 0.15) is 43.9 Å². The third-order valence-electron chi connectivity index (χ3n) is 7.21. The quantitative estimate of drug-likeness (QED) is 0.588. The van der Waals surface area contributed by atoms with Gasteiger partial charge in [-0.2, -0.15) is 0 Å². The molecule has 0 aromatic heterocycles. The number of carbonyl (C=O) groups is 1. The van der Waals surface area contributed by atoms with Gasteiger partial charge in [0, 0.05) is 35.7 Å². The number of hydrogen-bond donors (Lipinski definition) is 1. The topological polar surface area (TPSA) is 77.5 Å². The molecule has 0 fully saturated rings. The number of esters is 1. The number of hydrogen-bond acceptors (Lipinski definition) is 7. The Kier molecular flexibility index (Phi) is 6.73. The summed E-state index contributed by atoms with van der Waals surface area (Å²) < 4.78 is 22.9. The fourth-order valence-corrected chi connectivity index (χ4v) is 5.76. The summed E-state index contributed by atoms with van der Waals surface area (Å²) in [6.07, 6.45) is 2.25. The Morgan fingerprint density at radius 1 is 1.11 bits per heavy atom. The van der Waals surface area contributed by atoms with Gasteiger partial charge in [-0.15, -0.1) is 0 Å². The van der Waals surface area contributed by atoms with Crippen molar-refractivity contribution in [3.63, 3.8) is 0 Å². The third kappa shape index (κ3) is 3.82. The molecule has 3 atom stereocenters.